The van der Waals surface area contributed by atoms with Crippen LogP contribution in [0.5, 0.6) is 5.75 Å². The number of nitrogens with one attached hydrogen (secondary N) is 1. The zero-order valence-electron chi connectivity index (χ0n) is 15.9. The van der Waals surface area contributed by atoms with Crippen molar-refractivity contribution in [2.24, 2.45) is 0 Å². The minimum absolute atomic E-state index is 0.0148. The third-order valence-electron chi connectivity index (χ3n) is 4.91. The maximum Gasteiger partial charge on any atom is 0.253 e. The van der Waals surface area contributed by atoms with E-state index < -0.39 is 0 Å². The fraction of sp³-hybridized carbons (Fsp3) is 0.333. The molecular weight excluding hydrogens is 393 g/mol. The summed E-state index contributed by atoms with van der Waals surface area (Å²) in [4.78, 5) is 28.9. The Morgan fingerprint density at radius 3 is 2.76 bits per heavy atom. The molecule has 8 heteroatoms. The molecule has 0 atom stereocenters. The molecule has 2 aliphatic rings. The lowest BCUT2D eigenvalue weighted by atomic mass is 10.1. The molecular formula is C21H22FN3O3S. The van der Waals surface area contributed by atoms with Crippen molar-refractivity contribution in [3.63, 3.8) is 0 Å². The van der Waals surface area contributed by atoms with E-state index in [0.717, 1.165) is 24.6 Å². The number of nitrogens with zero attached hydrogens (tertiary/aromatic N) is 2. The first-order valence-electron chi connectivity index (χ1n) is 9.54. The van der Waals surface area contributed by atoms with E-state index in [0.29, 0.717) is 35.8 Å². The summed E-state index contributed by atoms with van der Waals surface area (Å²) in [7, 11) is 0. The number of carbonyl (C=O) groups excluding carboxylic acids is 2. The molecule has 2 aromatic rings. The molecule has 29 heavy (non-hydrogen) atoms. The number of anilines is 2. The number of amides is 2. The van der Waals surface area contributed by atoms with Gasteiger partial charge >= 0.3 is 0 Å². The number of halogens is 1. The molecule has 0 bridgehead atoms. The van der Waals surface area contributed by atoms with E-state index in [-0.39, 0.29) is 24.2 Å². The molecule has 152 valence electrons. The first-order chi connectivity index (χ1) is 14.1. The summed E-state index contributed by atoms with van der Waals surface area (Å²) in [5.41, 5.74) is 1.70. The fourth-order valence-corrected chi connectivity index (χ4v) is 4.37. The van der Waals surface area contributed by atoms with Gasteiger partial charge in [-0.3, -0.25) is 9.59 Å². The topological polar surface area (TPSA) is 61.9 Å². The van der Waals surface area contributed by atoms with Gasteiger partial charge in [-0.1, -0.05) is 6.07 Å². The number of thioether (sulfide) groups is 1. The van der Waals surface area contributed by atoms with Crippen LogP contribution < -0.4 is 15.0 Å². The van der Waals surface area contributed by atoms with Crippen molar-refractivity contribution in [3.05, 3.63) is 53.8 Å². The molecule has 0 aromatic heterocycles. The summed E-state index contributed by atoms with van der Waals surface area (Å²) < 4.78 is 19.1. The Kier molecular flexibility index (Phi) is 5.89. The number of ether oxygens (including phenoxy) is 1. The summed E-state index contributed by atoms with van der Waals surface area (Å²) in [6.45, 7) is 2.49. The Bertz CT molecular complexity index is 918. The molecule has 1 saturated heterocycles. The van der Waals surface area contributed by atoms with Crippen LogP contribution in [0, 0.1) is 5.82 Å². The molecule has 2 aliphatic heterocycles. The summed E-state index contributed by atoms with van der Waals surface area (Å²) in [5.74, 6) is 1.84. The van der Waals surface area contributed by atoms with Gasteiger partial charge in [0.15, 0.2) is 0 Å². The summed E-state index contributed by atoms with van der Waals surface area (Å²) in [5, 5.41) is 2.84. The third kappa shape index (κ3) is 4.64. The zero-order chi connectivity index (χ0) is 20.2. The number of carbonyl (C=O) groups is 2. The van der Waals surface area contributed by atoms with Gasteiger partial charge in [-0.05, 0) is 30.3 Å². The summed E-state index contributed by atoms with van der Waals surface area (Å²) >= 11 is 1.85. The summed E-state index contributed by atoms with van der Waals surface area (Å²) in [6, 6.07) is 11.3. The molecule has 2 heterocycles. The largest absolute Gasteiger partial charge is 0.490 e. The van der Waals surface area contributed by atoms with E-state index in [1.807, 2.05) is 16.7 Å². The fourth-order valence-electron chi connectivity index (χ4n) is 3.46. The maximum absolute atomic E-state index is 13.6. The Hall–Kier alpha value is -2.74. The van der Waals surface area contributed by atoms with Crippen LogP contribution in [0.4, 0.5) is 15.8 Å². The lowest BCUT2D eigenvalue weighted by Crippen LogP contribution is -2.39. The molecule has 0 saturated carbocycles. The van der Waals surface area contributed by atoms with Crippen molar-refractivity contribution < 1.29 is 18.7 Å². The van der Waals surface area contributed by atoms with Crippen molar-refractivity contribution >= 4 is 35.0 Å². The van der Waals surface area contributed by atoms with Crippen molar-refractivity contribution in [1.29, 1.82) is 0 Å². The normalized spacial score (nSPS) is 16.0. The van der Waals surface area contributed by atoms with Gasteiger partial charge in [-0.25, -0.2) is 4.39 Å². The van der Waals surface area contributed by atoms with Crippen LogP contribution in [-0.2, 0) is 4.79 Å². The van der Waals surface area contributed by atoms with E-state index in [4.69, 9.17) is 4.74 Å². The van der Waals surface area contributed by atoms with Crippen molar-refractivity contribution in [3.8, 4) is 5.75 Å². The second-order valence-corrected chi connectivity index (χ2v) is 8.14. The highest BCUT2D eigenvalue weighted by atomic mass is 32.2. The van der Waals surface area contributed by atoms with Gasteiger partial charge in [0.05, 0.1) is 18.8 Å². The van der Waals surface area contributed by atoms with Crippen LogP contribution in [0.15, 0.2) is 42.5 Å². The van der Waals surface area contributed by atoms with Crippen LogP contribution in [0.25, 0.3) is 0 Å². The van der Waals surface area contributed by atoms with E-state index in [2.05, 4.69) is 5.32 Å². The Morgan fingerprint density at radius 2 is 1.93 bits per heavy atom. The molecule has 6 nitrogen and oxygen atoms in total. The van der Waals surface area contributed by atoms with Crippen molar-refractivity contribution in [1.82, 2.24) is 4.90 Å². The van der Waals surface area contributed by atoms with E-state index in [1.165, 1.54) is 12.1 Å². The number of benzene rings is 2. The molecule has 4 rings (SSSR count). The lowest BCUT2D eigenvalue weighted by molar-refractivity contribution is -0.115. The van der Waals surface area contributed by atoms with Gasteiger partial charge in [0.1, 0.15) is 18.2 Å². The average Bonchev–Trinajstić information content (AvgIpc) is 2.74. The Labute approximate surface area is 173 Å². The van der Waals surface area contributed by atoms with Gasteiger partial charge in [0.25, 0.3) is 5.91 Å². The SMILES string of the molecule is O=C(CN1CCOc2ccc(F)cc21)Nc1cccc(C(=O)N2CCSCC2)c1. The predicted octanol–water partition coefficient (Wildman–Crippen LogP) is 2.85. The number of fused-ring (bicyclic) bond motifs is 1. The van der Waals surface area contributed by atoms with E-state index in [9.17, 15) is 14.0 Å². The number of hydrogen-bond acceptors (Lipinski definition) is 5. The van der Waals surface area contributed by atoms with E-state index >= 15 is 0 Å². The maximum atomic E-state index is 13.6. The predicted molar refractivity (Wildman–Crippen MR) is 112 cm³/mol. The van der Waals surface area contributed by atoms with Crippen LogP contribution in [0.2, 0.25) is 0 Å². The molecule has 0 unspecified atom stereocenters. The number of hydrogen-bond donors (Lipinski definition) is 1. The molecule has 1 fully saturated rings. The smallest absolute Gasteiger partial charge is 0.253 e. The Morgan fingerprint density at radius 1 is 1.10 bits per heavy atom. The highest BCUT2D eigenvalue weighted by Crippen LogP contribution is 2.31. The van der Waals surface area contributed by atoms with Crippen LogP contribution in [0.1, 0.15) is 10.4 Å². The van der Waals surface area contributed by atoms with Crippen LogP contribution in [-0.4, -0.2) is 61.0 Å². The summed E-state index contributed by atoms with van der Waals surface area (Å²) in [6.07, 6.45) is 0. The molecule has 0 radical (unpaired) electrons. The molecule has 1 N–H and O–H groups in total. The Balaban J connectivity index is 1.42. The monoisotopic (exact) mass is 415 g/mol. The molecule has 2 amide bonds. The van der Waals surface area contributed by atoms with Gasteiger partial charge in [0.2, 0.25) is 5.91 Å². The first-order valence-corrected chi connectivity index (χ1v) is 10.7. The molecule has 0 aliphatic carbocycles. The minimum atomic E-state index is -0.373. The minimum Gasteiger partial charge on any atom is -0.490 e. The quantitative estimate of drug-likeness (QED) is 0.832. The molecule has 0 spiro atoms. The first kappa shape index (κ1) is 19.6. The van der Waals surface area contributed by atoms with Crippen LogP contribution in [0.3, 0.4) is 0 Å². The van der Waals surface area contributed by atoms with Crippen molar-refractivity contribution in [2.45, 2.75) is 0 Å². The third-order valence-corrected chi connectivity index (χ3v) is 5.85. The highest BCUT2D eigenvalue weighted by Gasteiger charge is 2.22. The van der Waals surface area contributed by atoms with E-state index in [1.54, 1.807) is 35.2 Å². The zero-order valence-corrected chi connectivity index (χ0v) is 16.7. The molecule has 2 aromatic carbocycles. The second-order valence-electron chi connectivity index (χ2n) is 6.92. The van der Waals surface area contributed by atoms with Gasteiger partial charge in [-0.15, -0.1) is 0 Å². The van der Waals surface area contributed by atoms with Gasteiger partial charge < -0.3 is 19.9 Å². The van der Waals surface area contributed by atoms with Crippen LogP contribution >= 0.6 is 11.8 Å². The van der Waals surface area contributed by atoms with Gasteiger partial charge in [-0.2, -0.15) is 11.8 Å². The standard InChI is InChI=1S/C21H22FN3O3S/c22-16-4-5-19-18(13-16)25(6-9-28-19)14-20(26)23-17-3-1-2-15(12-17)21(27)24-7-10-29-11-8-24/h1-5,12-13H,6-11,14H2,(H,23,26). The average molecular weight is 415 g/mol. The lowest BCUT2D eigenvalue weighted by Gasteiger charge is -2.30. The second kappa shape index (κ2) is 8.73. The van der Waals surface area contributed by atoms with Crippen molar-refractivity contribution in [2.75, 3.05) is 54.5 Å². The van der Waals surface area contributed by atoms with Gasteiger partial charge in [0, 0.05) is 41.9 Å². The highest BCUT2D eigenvalue weighted by molar-refractivity contribution is 7.99. The number of rotatable bonds is 4.